The lowest BCUT2D eigenvalue weighted by Crippen LogP contribution is -2.14. The van der Waals surface area contributed by atoms with Crippen molar-refractivity contribution >= 4 is 0 Å². The second-order valence-electron chi connectivity index (χ2n) is 4.15. The van der Waals surface area contributed by atoms with Gasteiger partial charge in [-0.15, -0.1) is 0 Å². The molecule has 0 bridgehead atoms. The van der Waals surface area contributed by atoms with E-state index in [2.05, 4.69) is 13.8 Å². The highest BCUT2D eigenvalue weighted by molar-refractivity contribution is 5.28. The van der Waals surface area contributed by atoms with E-state index in [1.54, 1.807) is 12.1 Å². The molecule has 3 N–H and O–H groups in total. The molecule has 1 unspecified atom stereocenters. The fraction of sp³-hybridized carbons (Fsp3) is 0.500. The number of rotatable bonds is 4. The summed E-state index contributed by atoms with van der Waals surface area (Å²) in [5, 5.41) is 9.16. The number of benzene rings is 1. The summed E-state index contributed by atoms with van der Waals surface area (Å²) in [6.07, 6.45) is 1.10. The Morgan fingerprint density at radius 1 is 1.21 bits per heavy atom. The maximum Gasteiger partial charge on any atom is 0.115 e. The van der Waals surface area contributed by atoms with E-state index in [4.69, 9.17) is 10.8 Å². The van der Waals surface area contributed by atoms with Gasteiger partial charge in [0.05, 0.1) is 0 Å². The molecule has 2 nitrogen and oxygen atoms in total. The fourth-order valence-corrected chi connectivity index (χ4v) is 1.68. The highest BCUT2D eigenvalue weighted by Crippen LogP contribution is 2.24. The van der Waals surface area contributed by atoms with Crippen LogP contribution in [-0.4, -0.2) is 11.7 Å². The summed E-state index contributed by atoms with van der Waals surface area (Å²) in [5.74, 6) is 1.38. The van der Waals surface area contributed by atoms with Crippen molar-refractivity contribution in [1.82, 2.24) is 0 Å². The van der Waals surface area contributed by atoms with Crippen molar-refractivity contribution in [2.24, 2.45) is 11.7 Å². The predicted octanol–water partition coefficient (Wildman–Crippen LogP) is 2.48. The predicted molar refractivity (Wildman–Crippen MR) is 59.4 cm³/mol. The highest BCUT2D eigenvalue weighted by atomic mass is 16.3. The molecule has 0 amide bonds. The molecule has 1 rings (SSSR count). The second-order valence-corrected chi connectivity index (χ2v) is 4.15. The Balaban J connectivity index is 2.73. The maximum atomic E-state index is 9.16. The average molecular weight is 193 g/mol. The first-order valence-corrected chi connectivity index (χ1v) is 5.12. The molecule has 1 aromatic carbocycles. The zero-order chi connectivity index (χ0) is 10.6. The molecule has 0 aliphatic carbocycles. The average Bonchev–Trinajstić information content (AvgIpc) is 2.15. The monoisotopic (exact) mass is 193 g/mol. The molecule has 0 heterocycles. The molecule has 14 heavy (non-hydrogen) atoms. The van der Waals surface area contributed by atoms with E-state index in [1.165, 1.54) is 5.56 Å². The molecule has 2 heteroatoms. The number of nitrogens with two attached hydrogens (primary N) is 1. The van der Waals surface area contributed by atoms with Crippen LogP contribution in [0.15, 0.2) is 24.3 Å². The van der Waals surface area contributed by atoms with Gasteiger partial charge in [-0.2, -0.15) is 0 Å². The van der Waals surface area contributed by atoms with Gasteiger partial charge in [0, 0.05) is 0 Å². The Morgan fingerprint density at radius 3 is 2.21 bits per heavy atom. The summed E-state index contributed by atoms with van der Waals surface area (Å²) < 4.78 is 0. The summed E-state index contributed by atoms with van der Waals surface area (Å²) >= 11 is 0. The first-order valence-electron chi connectivity index (χ1n) is 5.12. The third-order valence-electron chi connectivity index (χ3n) is 2.40. The SMILES string of the molecule is CC(C)CC(CN)c1ccc(O)cc1. The molecular formula is C12H19NO. The molecule has 0 radical (unpaired) electrons. The molecule has 1 aromatic rings. The van der Waals surface area contributed by atoms with Crippen molar-refractivity contribution in [3.63, 3.8) is 0 Å². The third kappa shape index (κ3) is 3.04. The van der Waals surface area contributed by atoms with Crippen LogP contribution in [-0.2, 0) is 0 Å². The topological polar surface area (TPSA) is 46.2 Å². The lowest BCUT2D eigenvalue weighted by atomic mass is 9.90. The van der Waals surface area contributed by atoms with Crippen LogP contribution in [0.5, 0.6) is 5.75 Å². The zero-order valence-electron chi connectivity index (χ0n) is 8.90. The molecule has 0 aromatic heterocycles. The van der Waals surface area contributed by atoms with Crippen molar-refractivity contribution in [3.05, 3.63) is 29.8 Å². The van der Waals surface area contributed by atoms with Crippen LogP contribution < -0.4 is 5.73 Å². The Bertz CT molecular complexity index is 266. The molecule has 1 atom stereocenters. The Labute approximate surface area is 85.8 Å². The highest BCUT2D eigenvalue weighted by Gasteiger charge is 2.11. The van der Waals surface area contributed by atoms with Crippen molar-refractivity contribution in [1.29, 1.82) is 0 Å². The standard InChI is InChI=1S/C12H19NO/c1-9(2)7-11(8-13)10-3-5-12(14)6-4-10/h3-6,9,11,14H,7-8,13H2,1-2H3. The maximum absolute atomic E-state index is 9.16. The van der Waals surface area contributed by atoms with Gasteiger partial charge in [-0.1, -0.05) is 26.0 Å². The summed E-state index contributed by atoms with van der Waals surface area (Å²) in [6, 6.07) is 7.35. The normalized spacial score (nSPS) is 13.1. The summed E-state index contributed by atoms with van der Waals surface area (Å²) in [7, 11) is 0. The zero-order valence-corrected chi connectivity index (χ0v) is 8.90. The van der Waals surface area contributed by atoms with Gasteiger partial charge in [0.2, 0.25) is 0 Å². The van der Waals surface area contributed by atoms with E-state index in [0.717, 1.165) is 6.42 Å². The fourth-order valence-electron chi connectivity index (χ4n) is 1.68. The second kappa shape index (κ2) is 5.01. The van der Waals surface area contributed by atoms with Gasteiger partial charge in [-0.05, 0) is 42.5 Å². The molecule has 0 aliphatic heterocycles. The van der Waals surface area contributed by atoms with Crippen molar-refractivity contribution in [2.45, 2.75) is 26.2 Å². The van der Waals surface area contributed by atoms with Gasteiger partial charge in [-0.3, -0.25) is 0 Å². The van der Waals surface area contributed by atoms with Gasteiger partial charge < -0.3 is 10.8 Å². The third-order valence-corrected chi connectivity index (χ3v) is 2.40. The summed E-state index contributed by atoms with van der Waals surface area (Å²) in [6.45, 7) is 5.06. The van der Waals surface area contributed by atoms with E-state index < -0.39 is 0 Å². The molecule has 0 aliphatic rings. The molecule has 0 fully saturated rings. The number of aromatic hydroxyl groups is 1. The largest absolute Gasteiger partial charge is 0.508 e. The van der Waals surface area contributed by atoms with Crippen molar-refractivity contribution in [3.8, 4) is 5.75 Å². The summed E-state index contributed by atoms with van der Waals surface area (Å²) in [4.78, 5) is 0. The minimum atomic E-state index is 0.314. The van der Waals surface area contributed by atoms with Crippen LogP contribution in [0.4, 0.5) is 0 Å². The van der Waals surface area contributed by atoms with Crippen molar-refractivity contribution in [2.75, 3.05) is 6.54 Å². The lowest BCUT2D eigenvalue weighted by molar-refractivity contribution is 0.473. The van der Waals surface area contributed by atoms with Gasteiger partial charge in [0.1, 0.15) is 5.75 Å². The molecular weight excluding hydrogens is 174 g/mol. The van der Waals surface area contributed by atoms with E-state index in [0.29, 0.717) is 24.1 Å². The minimum Gasteiger partial charge on any atom is -0.508 e. The molecule has 0 saturated heterocycles. The lowest BCUT2D eigenvalue weighted by Gasteiger charge is -2.17. The Kier molecular flexibility index (Phi) is 3.96. The van der Waals surface area contributed by atoms with E-state index in [1.807, 2.05) is 12.1 Å². The van der Waals surface area contributed by atoms with Crippen LogP contribution in [0.25, 0.3) is 0 Å². The van der Waals surface area contributed by atoms with Gasteiger partial charge in [0.15, 0.2) is 0 Å². The van der Waals surface area contributed by atoms with Gasteiger partial charge >= 0.3 is 0 Å². The first kappa shape index (κ1) is 11.1. The van der Waals surface area contributed by atoms with E-state index >= 15 is 0 Å². The van der Waals surface area contributed by atoms with Crippen LogP contribution >= 0.6 is 0 Å². The van der Waals surface area contributed by atoms with Crippen LogP contribution in [0.1, 0.15) is 31.7 Å². The molecule has 78 valence electrons. The van der Waals surface area contributed by atoms with Crippen LogP contribution in [0, 0.1) is 5.92 Å². The van der Waals surface area contributed by atoms with E-state index in [9.17, 15) is 0 Å². The smallest absolute Gasteiger partial charge is 0.115 e. The van der Waals surface area contributed by atoms with Crippen LogP contribution in [0.2, 0.25) is 0 Å². The molecule has 0 saturated carbocycles. The Hall–Kier alpha value is -1.02. The van der Waals surface area contributed by atoms with E-state index in [-0.39, 0.29) is 0 Å². The number of hydrogen-bond donors (Lipinski definition) is 2. The minimum absolute atomic E-state index is 0.314. The van der Waals surface area contributed by atoms with Crippen molar-refractivity contribution < 1.29 is 5.11 Å². The number of phenolic OH excluding ortho intramolecular Hbond substituents is 1. The van der Waals surface area contributed by atoms with Crippen LogP contribution in [0.3, 0.4) is 0 Å². The Morgan fingerprint density at radius 2 is 1.79 bits per heavy atom. The number of phenols is 1. The summed E-state index contributed by atoms with van der Waals surface area (Å²) in [5.41, 5.74) is 6.95. The molecule has 0 spiro atoms. The number of hydrogen-bond acceptors (Lipinski definition) is 2. The quantitative estimate of drug-likeness (QED) is 0.771. The first-order chi connectivity index (χ1) is 6.63. The van der Waals surface area contributed by atoms with Gasteiger partial charge in [0.25, 0.3) is 0 Å². The van der Waals surface area contributed by atoms with Gasteiger partial charge in [-0.25, -0.2) is 0 Å².